The molecule has 2 nitrogen and oxygen atoms in total. The Kier molecular flexibility index (Phi) is 2.88. The Morgan fingerprint density at radius 2 is 1.09 bits per heavy atom. The van der Waals surface area contributed by atoms with Gasteiger partial charge in [0.15, 0.2) is 19.3 Å². The van der Waals surface area contributed by atoms with Gasteiger partial charge in [-0.1, -0.05) is 0 Å². The number of alkyl halides is 4. The maximum absolute atomic E-state index is 11.1. The number of sulfone groups is 1. The summed E-state index contributed by atoms with van der Waals surface area (Å²) in [4.78, 5) is 0. The van der Waals surface area contributed by atoms with Crippen molar-refractivity contribution in [2.75, 3.05) is 0 Å². The van der Waals surface area contributed by atoms with E-state index in [0.29, 0.717) is 0 Å². The predicted octanol–water partition coefficient (Wildman–Crippen LogP) is 1.76. The number of rotatable bonds is 0. The second-order valence-corrected chi connectivity index (χ2v) is 6.84. The lowest BCUT2D eigenvalue weighted by atomic mass is 10.4. The van der Waals surface area contributed by atoms with E-state index in [1.54, 1.807) is 0 Å². The molecule has 4 atom stereocenters. The molecule has 0 aromatic heterocycles. The van der Waals surface area contributed by atoms with Gasteiger partial charge in [0.25, 0.3) is 0 Å². The fraction of sp³-hybridized carbons (Fsp3) is 1.00. The van der Waals surface area contributed by atoms with Crippen molar-refractivity contribution >= 4 is 56.2 Å². The van der Waals surface area contributed by atoms with Crippen molar-refractivity contribution in [2.24, 2.45) is 0 Å². The van der Waals surface area contributed by atoms with E-state index in [0.717, 1.165) is 0 Å². The van der Waals surface area contributed by atoms with Crippen molar-refractivity contribution in [2.45, 2.75) is 20.2 Å². The van der Waals surface area contributed by atoms with E-state index in [4.69, 9.17) is 46.4 Å². The Labute approximate surface area is 84.7 Å². The zero-order chi connectivity index (χ0) is 8.81. The standard InChI is InChI=1S/C4H4Cl4O2S/c5-1-2(6)4(8)11(9,10)3(1)7/h1-4H. The van der Waals surface area contributed by atoms with Gasteiger partial charge in [-0.05, 0) is 0 Å². The minimum Gasteiger partial charge on any atom is -0.226 e. The first kappa shape index (κ1) is 10.2. The molecule has 1 saturated heterocycles. The van der Waals surface area contributed by atoms with Crippen LogP contribution in [0.25, 0.3) is 0 Å². The van der Waals surface area contributed by atoms with Crippen LogP contribution in [0.1, 0.15) is 0 Å². The highest BCUT2D eigenvalue weighted by atomic mass is 35.5. The fourth-order valence-electron chi connectivity index (χ4n) is 0.776. The molecule has 1 rings (SSSR count). The van der Waals surface area contributed by atoms with Crippen LogP contribution in [0.5, 0.6) is 0 Å². The third-order valence-electron chi connectivity index (χ3n) is 1.43. The van der Waals surface area contributed by atoms with Crippen molar-refractivity contribution in [3.05, 3.63) is 0 Å². The van der Waals surface area contributed by atoms with E-state index in [-0.39, 0.29) is 0 Å². The van der Waals surface area contributed by atoms with Gasteiger partial charge in [-0.25, -0.2) is 8.42 Å². The quantitative estimate of drug-likeness (QED) is 0.620. The van der Waals surface area contributed by atoms with Crippen LogP contribution in [0.15, 0.2) is 0 Å². The summed E-state index contributed by atoms with van der Waals surface area (Å²) in [6.45, 7) is 0. The van der Waals surface area contributed by atoms with Crippen LogP contribution in [-0.4, -0.2) is 28.6 Å². The van der Waals surface area contributed by atoms with E-state index in [1.807, 2.05) is 0 Å². The Hall–Kier alpha value is 1.11. The zero-order valence-corrected chi connectivity index (χ0v) is 8.89. The van der Waals surface area contributed by atoms with Gasteiger partial charge in [-0.3, -0.25) is 0 Å². The second kappa shape index (κ2) is 3.11. The average Bonchev–Trinajstić information content (AvgIpc) is 2.06. The van der Waals surface area contributed by atoms with Gasteiger partial charge in [-0.15, -0.1) is 46.4 Å². The maximum atomic E-state index is 11.1. The van der Waals surface area contributed by atoms with Crippen LogP contribution in [0.2, 0.25) is 0 Å². The monoisotopic (exact) mass is 256 g/mol. The zero-order valence-electron chi connectivity index (χ0n) is 5.05. The number of halogens is 4. The average molecular weight is 258 g/mol. The molecule has 7 heteroatoms. The molecule has 0 aliphatic carbocycles. The van der Waals surface area contributed by atoms with Crippen molar-refractivity contribution in [3.8, 4) is 0 Å². The van der Waals surface area contributed by atoms with Gasteiger partial charge in [0.2, 0.25) is 0 Å². The molecule has 0 N–H and O–H groups in total. The van der Waals surface area contributed by atoms with Crippen LogP contribution in [0.3, 0.4) is 0 Å². The van der Waals surface area contributed by atoms with Crippen molar-refractivity contribution < 1.29 is 8.42 Å². The lowest BCUT2D eigenvalue weighted by molar-refractivity contribution is 0.598. The predicted molar refractivity (Wildman–Crippen MR) is 47.5 cm³/mol. The van der Waals surface area contributed by atoms with E-state index < -0.39 is 30.0 Å². The van der Waals surface area contributed by atoms with Gasteiger partial charge in [0.05, 0.1) is 10.8 Å². The molecule has 1 aliphatic rings. The van der Waals surface area contributed by atoms with E-state index in [9.17, 15) is 8.42 Å². The normalized spacial score (nSPS) is 49.5. The van der Waals surface area contributed by atoms with Gasteiger partial charge in [0, 0.05) is 0 Å². The molecule has 1 heterocycles. The van der Waals surface area contributed by atoms with Crippen LogP contribution in [-0.2, 0) is 9.84 Å². The van der Waals surface area contributed by atoms with E-state index in [1.165, 1.54) is 0 Å². The smallest absolute Gasteiger partial charge is 0.186 e. The molecule has 11 heavy (non-hydrogen) atoms. The molecule has 0 radical (unpaired) electrons. The summed E-state index contributed by atoms with van der Waals surface area (Å²) in [6.07, 6.45) is 0. The van der Waals surface area contributed by atoms with Gasteiger partial charge in [0.1, 0.15) is 0 Å². The number of hydrogen-bond acceptors (Lipinski definition) is 2. The maximum Gasteiger partial charge on any atom is 0.186 e. The van der Waals surface area contributed by atoms with Gasteiger partial charge < -0.3 is 0 Å². The molecule has 0 spiro atoms. The minimum absolute atomic E-state index is 0.814. The summed E-state index contributed by atoms with van der Waals surface area (Å²) >= 11 is 22.0. The highest BCUT2D eigenvalue weighted by molar-refractivity contribution is 7.95. The summed E-state index contributed by atoms with van der Waals surface area (Å²) < 4.78 is 19.8. The van der Waals surface area contributed by atoms with Crippen LogP contribution >= 0.6 is 46.4 Å². The van der Waals surface area contributed by atoms with Gasteiger partial charge in [-0.2, -0.15) is 0 Å². The second-order valence-electron chi connectivity index (χ2n) is 2.18. The minimum atomic E-state index is -3.54. The highest BCUT2D eigenvalue weighted by Crippen LogP contribution is 2.39. The Morgan fingerprint density at radius 1 is 0.818 bits per heavy atom. The first-order chi connectivity index (χ1) is 4.89. The molecular formula is C4H4Cl4O2S. The SMILES string of the molecule is O=S1(=O)C(Cl)C(Cl)C(Cl)C1Cl. The largest absolute Gasteiger partial charge is 0.226 e. The third-order valence-corrected chi connectivity index (χ3v) is 7.04. The van der Waals surface area contributed by atoms with E-state index in [2.05, 4.69) is 0 Å². The molecule has 1 fully saturated rings. The molecule has 0 amide bonds. The highest BCUT2D eigenvalue weighted by Gasteiger charge is 2.52. The summed E-state index contributed by atoms with van der Waals surface area (Å²) in [6, 6.07) is 0. The summed E-state index contributed by atoms with van der Waals surface area (Å²) in [5.74, 6) is 0. The Balaban J connectivity index is 3.06. The van der Waals surface area contributed by atoms with Crippen LogP contribution < -0.4 is 0 Å². The molecule has 0 bridgehead atoms. The van der Waals surface area contributed by atoms with Gasteiger partial charge >= 0.3 is 0 Å². The van der Waals surface area contributed by atoms with E-state index >= 15 is 0 Å². The molecule has 0 aromatic rings. The molecule has 1 aliphatic heterocycles. The summed E-state index contributed by atoms with van der Waals surface area (Å²) in [5, 5.41) is -1.63. The summed E-state index contributed by atoms with van der Waals surface area (Å²) in [7, 11) is -3.54. The van der Waals surface area contributed by atoms with Crippen LogP contribution in [0.4, 0.5) is 0 Å². The van der Waals surface area contributed by atoms with Crippen molar-refractivity contribution in [1.29, 1.82) is 0 Å². The molecule has 66 valence electrons. The first-order valence-corrected chi connectivity index (χ1v) is 6.03. The topological polar surface area (TPSA) is 34.1 Å². The lowest BCUT2D eigenvalue weighted by Gasteiger charge is -2.04. The summed E-state index contributed by atoms with van der Waals surface area (Å²) in [5.41, 5.74) is 0. The van der Waals surface area contributed by atoms with Crippen molar-refractivity contribution in [1.82, 2.24) is 0 Å². The van der Waals surface area contributed by atoms with Crippen molar-refractivity contribution in [3.63, 3.8) is 0 Å². The lowest BCUT2D eigenvalue weighted by Crippen LogP contribution is -2.17. The molecular weight excluding hydrogens is 254 g/mol. The number of hydrogen-bond donors (Lipinski definition) is 0. The van der Waals surface area contributed by atoms with Crippen LogP contribution in [0, 0.1) is 0 Å². The Bertz CT molecular complexity index is 231. The molecule has 0 aromatic carbocycles. The Morgan fingerprint density at radius 3 is 1.18 bits per heavy atom. The molecule has 0 saturated carbocycles. The first-order valence-electron chi connectivity index (χ1n) is 2.68. The molecule has 4 unspecified atom stereocenters. The fourth-order valence-corrected chi connectivity index (χ4v) is 4.70. The third kappa shape index (κ3) is 1.46.